The van der Waals surface area contributed by atoms with Crippen LogP contribution >= 0.6 is 0 Å². The zero-order valence-corrected chi connectivity index (χ0v) is 17.7. The van der Waals surface area contributed by atoms with Gasteiger partial charge in [-0.05, 0) is 68.9 Å². The third kappa shape index (κ3) is 6.48. The molecule has 2 aromatic carbocycles. The predicted molar refractivity (Wildman–Crippen MR) is 117 cm³/mol. The first-order chi connectivity index (χ1) is 14.7. The normalized spacial score (nSPS) is 10.7. The Labute approximate surface area is 178 Å². The molecule has 0 bridgehead atoms. The van der Waals surface area contributed by atoms with Gasteiger partial charge in [0.25, 0.3) is 0 Å². The number of esters is 1. The van der Waals surface area contributed by atoms with Gasteiger partial charge in [-0.3, -0.25) is 4.79 Å². The summed E-state index contributed by atoms with van der Waals surface area (Å²) in [5.74, 6) is 2.26. The molecule has 0 aliphatic heterocycles. The molecule has 1 heterocycles. The molecule has 0 spiro atoms. The molecule has 0 radical (unpaired) electrons. The number of benzene rings is 2. The summed E-state index contributed by atoms with van der Waals surface area (Å²) in [4.78, 5) is 15.8. The Kier molecular flexibility index (Phi) is 8.07. The Morgan fingerprint density at radius 2 is 1.83 bits per heavy atom. The minimum Gasteiger partial charge on any atom is -0.494 e. The summed E-state index contributed by atoms with van der Waals surface area (Å²) in [6, 6.07) is 18.1. The van der Waals surface area contributed by atoms with Crippen molar-refractivity contribution in [3.8, 4) is 17.2 Å². The highest BCUT2D eigenvalue weighted by Gasteiger charge is 2.11. The van der Waals surface area contributed by atoms with E-state index in [1.165, 1.54) is 12.7 Å². The van der Waals surface area contributed by atoms with Crippen LogP contribution < -0.4 is 4.74 Å². The number of hydrogen-bond acceptors (Lipinski definition) is 5. The molecule has 158 valence electrons. The quantitative estimate of drug-likeness (QED) is 0.308. The number of nitrogens with zero attached hydrogens (tertiary/aromatic N) is 1. The van der Waals surface area contributed by atoms with Gasteiger partial charge in [0, 0.05) is 12.0 Å². The van der Waals surface area contributed by atoms with Crippen molar-refractivity contribution in [3.05, 3.63) is 71.6 Å². The van der Waals surface area contributed by atoms with Gasteiger partial charge >= 0.3 is 5.97 Å². The number of rotatable bonds is 11. The first-order valence-corrected chi connectivity index (χ1v) is 10.5. The fourth-order valence-corrected chi connectivity index (χ4v) is 3.29. The van der Waals surface area contributed by atoms with Gasteiger partial charge in [0.2, 0.25) is 5.89 Å². The number of methoxy groups -OCH3 is 1. The number of carbonyl (C=O) groups is 1. The fourth-order valence-electron chi connectivity index (χ4n) is 3.29. The lowest BCUT2D eigenvalue weighted by Gasteiger charge is -2.08. The molecule has 0 atom stereocenters. The van der Waals surface area contributed by atoms with Crippen molar-refractivity contribution in [2.45, 2.75) is 45.4 Å². The first-order valence-electron chi connectivity index (χ1n) is 10.5. The number of hydrogen-bond donors (Lipinski definition) is 0. The Balaban J connectivity index is 1.42. The summed E-state index contributed by atoms with van der Waals surface area (Å²) in [5.41, 5.74) is 3.19. The zero-order valence-electron chi connectivity index (χ0n) is 17.7. The Hall–Kier alpha value is -3.08. The summed E-state index contributed by atoms with van der Waals surface area (Å²) in [5, 5.41) is 0. The monoisotopic (exact) mass is 407 g/mol. The van der Waals surface area contributed by atoms with Crippen molar-refractivity contribution < 1.29 is 18.7 Å². The van der Waals surface area contributed by atoms with E-state index in [2.05, 4.69) is 21.9 Å². The van der Waals surface area contributed by atoms with E-state index in [1.54, 1.807) is 0 Å². The molecule has 0 amide bonds. The average molecular weight is 408 g/mol. The number of unbranched alkanes of at least 4 members (excludes halogenated alkanes) is 1. The number of ether oxygens (including phenoxy) is 2. The van der Waals surface area contributed by atoms with E-state index in [4.69, 9.17) is 9.15 Å². The molecule has 30 heavy (non-hydrogen) atoms. The van der Waals surface area contributed by atoms with Gasteiger partial charge in [0.1, 0.15) is 11.5 Å². The molecule has 5 nitrogen and oxygen atoms in total. The van der Waals surface area contributed by atoms with Crippen LogP contribution in [-0.2, 0) is 22.4 Å². The second kappa shape index (κ2) is 11.2. The lowest BCUT2D eigenvalue weighted by molar-refractivity contribution is -0.140. The topological polar surface area (TPSA) is 61.6 Å². The average Bonchev–Trinajstić information content (AvgIpc) is 3.15. The van der Waals surface area contributed by atoms with E-state index in [0.717, 1.165) is 54.9 Å². The van der Waals surface area contributed by atoms with Gasteiger partial charge < -0.3 is 13.9 Å². The van der Waals surface area contributed by atoms with Crippen LogP contribution in [0, 0.1) is 6.92 Å². The maximum atomic E-state index is 11.2. The van der Waals surface area contributed by atoms with Crippen molar-refractivity contribution in [3.63, 3.8) is 0 Å². The van der Waals surface area contributed by atoms with E-state index in [0.29, 0.717) is 18.9 Å². The molecule has 3 rings (SSSR count). The first kappa shape index (κ1) is 21.6. The Bertz CT molecular complexity index is 933. The number of aromatic nitrogens is 1. The van der Waals surface area contributed by atoms with E-state index in [-0.39, 0.29) is 5.97 Å². The van der Waals surface area contributed by atoms with E-state index < -0.39 is 0 Å². The summed E-state index contributed by atoms with van der Waals surface area (Å²) in [7, 11) is 1.43. The highest BCUT2D eigenvalue weighted by molar-refractivity contribution is 5.69. The summed E-state index contributed by atoms with van der Waals surface area (Å²) in [6.07, 6.45) is 4.86. The van der Waals surface area contributed by atoms with Crippen molar-refractivity contribution in [1.82, 2.24) is 4.98 Å². The lowest BCUT2D eigenvalue weighted by atomic mass is 10.1. The van der Waals surface area contributed by atoms with Crippen LogP contribution in [0.25, 0.3) is 11.5 Å². The standard InChI is InChI=1S/C25H29NO4/c1-19-23(26-25(30-19)21-12-4-3-5-13-21)15-9-17-29-22-14-8-11-20(18-22)10-6-7-16-24(27)28-2/h3-5,8,11-14,18H,6-7,9-10,15-17H2,1-2H3. The molecular formula is C25H29NO4. The van der Waals surface area contributed by atoms with Gasteiger partial charge in [-0.1, -0.05) is 30.3 Å². The smallest absolute Gasteiger partial charge is 0.305 e. The van der Waals surface area contributed by atoms with Crippen LogP contribution in [0.3, 0.4) is 0 Å². The maximum absolute atomic E-state index is 11.2. The lowest BCUT2D eigenvalue weighted by Crippen LogP contribution is -2.01. The molecule has 0 aliphatic carbocycles. The zero-order chi connectivity index (χ0) is 21.2. The van der Waals surface area contributed by atoms with Crippen LogP contribution in [0.4, 0.5) is 0 Å². The summed E-state index contributed by atoms with van der Waals surface area (Å²) < 4.78 is 16.4. The van der Waals surface area contributed by atoms with Crippen molar-refractivity contribution >= 4 is 5.97 Å². The van der Waals surface area contributed by atoms with Crippen molar-refractivity contribution in [1.29, 1.82) is 0 Å². The van der Waals surface area contributed by atoms with E-state index >= 15 is 0 Å². The van der Waals surface area contributed by atoms with Gasteiger partial charge in [-0.2, -0.15) is 0 Å². The molecule has 1 aromatic heterocycles. The number of aryl methyl sites for hydroxylation is 3. The molecule has 0 saturated carbocycles. The Morgan fingerprint density at radius 1 is 1.00 bits per heavy atom. The largest absolute Gasteiger partial charge is 0.494 e. The second-order valence-electron chi connectivity index (χ2n) is 7.27. The molecule has 3 aromatic rings. The van der Waals surface area contributed by atoms with Crippen LogP contribution in [0.15, 0.2) is 59.0 Å². The van der Waals surface area contributed by atoms with E-state index in [1.807, 2.05) is 49.4 Å². The molecule has 0 saturated heterocycles. The van der Waals surface area contributed by atoms with Gasteiger partial charge in [0.15, 0.2) is 0 Å². The third-order valence-electron chi connectivity index (χ3n) is 4.96. The Morgan fingerprint density at radius 3 is 2.63 bits per heavy atom. The minimum atomic E-state index is -0.148. The minimum absolute atomic E-state index is 0.148. The molecule has 0 aliphatic rings. The van der Waals surface area contributed by atoms with Gasteiger partial charge in [-0.15, -0.1) is 0 Å². The third-order valence-corrected chi connectivity index (χ3v) is 4.96. The van der Waals surface area contributed by atoms with Gasteiger partial charge in [-0.25, -0.2) is 4.98 Å². The highest BCUT2D eigenvalue weighted by Crippen LogP contribution is 2.22. The number of oxazole rings is 1. The van der Waals surface area contributed by atoms with Crippen LogP contribution in [-0.4, -0.2) is 24.7 Å². The second-order valence-corrected chi connectivity index (χ2v) is 7.27. The predicted octanol–water partition coefficient (Wildman–Crippen LogP) is 5.55. The van der Waals surface area contributed by atoms with Crippen LogP contribution in [0.2, 0.25) is 0 Å². The molecular weight excluding hydrogens is 378 g/mol. The molecule has 0 fully saturated rings. The molecule has 5 heteroatoms. The SMILES string of the molecule is COC(=O)CCCCc1cccc(OCCCc2nc(-c3ccccc3)oc2C)c1. The van der Waals surface area contributed by atoms with Crippen molar-refractivity contribution in [2.75, 3.05) is 13.7 Å². The number of carbonyl (C=O) groups excluding carboxylic acids is 1. The highest BCUT2D eigenvalue weighted by atomic mass is 16.5. The van der Waals surface area contributed by atoms with E-state index in [9.17, 15) is 4.79 Å². The van der Waals surface area contributed by atoms with Gasteiger partial charge in [0.05, 0.1) is 19.4 Å². The summed E-state index contributed by atoms with van der Waals surface area (Å²) in [6.45, 7) is 2.58. The summed E-state index contributed by atoms with van der Waals surface area (Å²) >= 11 is 0. The fraction of sp³-hybridized carbons (Fsp3) is 0.360. The molecule has 0 N–H and O–H groups in total. The van der Waals surface area contributed by atoms with Crippen LogP contribution in [0.1, 0.15) is 42.7 Å². The van der Waals surface area contributed by atoms with Crippen molar-refractivity contribution in [2.24, 2.45) is 0 Å². The molecule has 0 unspecified atom stereocenters. The maximum Gasteiger partial charge on any atom is 0.305 e. The van der Waals surface area contributed by atoms with Crippen LogP contribution in [0.5, 0.6) is 5.75 Å².